The van der Waals surface area contributed by atoms with E-state index in [0.717, 1.165) is 12.1 Å². The third-order valence-electron chi connectivity index (χ3n) is 1.47. The molecule has 5 heteroatoms. The first-order valence-electron chi connectivity index (χ1n) is 3.82. The summed E-state index contributed by atoms with van der Waals surface area (Å²) in [6.45, 7) is 0. The molecule has 0 aromatic heterocycles. The summed E-state index contributed by atoms with van der Waals surface area (Å²) < 4.78 is 25.3. The standard InChI is InChI=1S/C9H7F2NO2/c10-6-1-2-8(7(11)5-6)12-9(14)3-4-13/h1-2,4-5H,3H2,(H,12,14). The van der Waals surface area contributed by atoms with Crippen LogP contribution in [0.3, 0.4) is 0 Å². The molecule has 0 spiro atoms. The molecule has 1 rings (SSSR count). The fourth-order valence-electron chi connectivity index (χ4n) is 0.868. The normalized spacial score (nSPS) is 9.57. The number of halogens is 2. The van der Waals surface area contributed by atoms with Gasteiger partial charge in [0.2, 0.25) is 5.91 Å². The summed E-state index contributed by atoms with van der Waals surface area (Å²) in [5.74, 6) is -2.23. The van der Waals surface area contributed by atoms with Crippen LogP contribution in [0.5, 0.6) is 0 Å². The third-order valence-corrected chi connectivity index (χ3v) is 1.47. The van der Waals surface area contributed by atoms with Crippen LogP contribution >= 0.6 is 0 Å². The fraction of sp³-hybridized carbons (Fsp3) is 0.111. The van der Waals surface area contributed by atoms with Crippen molar-refractivity contribution in [1.82, 2.24) is 0 Å². The maximum Gasteiger partial charge on any atom is 0.231 e. The van der Waals surface area contributed by atoms with Gasteiger partial charge in [0.25, 0.3) is 0 Å². The minimum absolute atomic E-state index is 0.141. The SMILES string of the molecule is O=CCC(=O)Nc1ccc(F)cc1F. The Labute approximate surface area is 78.7 Å². The Morgan fingerprint density at radius 1 is 1.43 bits per heavy atom. The summed E-state index contributed by atoms with van der Waals surface area (Å²) in [5, 5.41) is 2.13. The Bertz CT molecular complexity index is 366. The molecule has 0 bridgehead atoms. The molecule has 0 aliphatic heterocycles. The lowest BCUT2D eigenvalue weighted by atomic mass is 10.3. The van der Waals surface area contributed by atoms with Crippen LogP contribution in [0.15, 0.2) is 18.2 Å². The molecule has 1 aromatic rings. The number of hydrogen-bond donors (Lipinski definition) is 1. The monoisotopic (exact) mass is 199 g/mol. The first-order chi connectivity index (χ1) is 6.63. The molecular weight excluding hydrogens is 192 g/mol. The molecule has 0 fully saturated rings. The fourth-order valence-corrected chi connectivity index (χ4v) is 0.868. The molecule has 1 N–H and O–H groups in total. The number of rotatable bonds is 3. The van der Waals surface area contributed by atoms with Gasteiger partial charge in [0.15, 0.2) is 0 Å². The van der Waals surface area contributed by atoms with Gasteiger partial charge in [-0.3, -0.25) is 4.79 Å². The van der Waals surface area contributed by atoms with Crippen LogP contribution in [0.25, 0.3) is 0 Å². The van der Waals surface area contributed by atoms with E-state index in [0.29, 0.717) is 12.4 Å². The Morgan fingerprint density at radius 3 is 2.71 bits per heavy atom. The van der Waals surface area contributed by atoms with Crippen molar-refractivity contribution in [3.63, 3.8) is 0 Å². The highest BCUT2D eigenvalue weighted by Gasteiger charge is 2.06. The van der Waals surface area contributed by atoms with Gasteiger partial charge < -0.3 is 10.1 Å². The minimum atomic E-state index is -0.871. The Morgan fingerprint density at radius 2 is 2.14 bits per heavy atom. The molecule has 1 aromatic carbocycles. The zero-order valence-corrected chi connectivity index (χ0v) is 7.09. The predicted octanol–water partition coefficient (Wildman–Crippen LogP) is 1.49. The van der Waals surface area contributed by atoms with Crippen LogP contribution in [0, 0.1) is 11.6 Å². The van der Waals surface area contributed by atoms with E-state index in [1.807, 2.05) is 0 Å². The second-order valence-electron chi connectivity index (χ2n) is 2.54. The number of hydrogen-bond acceptors (Lipinski definition) is 2. The Hall–Kier alpha value is -1.78. The van der Waals surface area contributed by atoms with Crippen molar-refractivity contribution in [3.05, 3.63) is 29.8 Å². The van der Waals surface area contributed by atoms with Crippen LogP contribution in [-0.2, 0) is 9.59 Å². The molecule has 14 heavy (non-hydrogen) atoms. The first-order valence-corrected chi connectivity index (χ1v) is 3.82. The van der Waals surface area contributed by atoms with Crippen molar-refractivity contribution < 1.29 is 18.4 Å². The number of aldehydes is 1. The van der Waals surface area contributed by atoms with E-state index in [1.54, 1.807) is 0 Å². The largest absolute Gasteiger partial charge is 0.323 e. The summed E-state index contributed by atoms with van der Waals surface area (Å²) in [7, 11) is 0. The van der Waals surface area contributed by atoms with Crippen LogP contribution in [-0.4, -0.2) is 12.2 Å². The second kappa shape index (κ2) is 4.45. The average molecular weight is 199 g/mol. The van der Waals surface area contributed by atoms with Gasteiger partial charge in [-0.15, -0.1) is 0 Å². The van der Waals surface area contributed by atoms with Gasteiger partial charge in [-0.25, -0.2) is 8.78 Å². The van der Waals surface area contributed by atoms with E-state index in [9.17, 15) is 18.4 Å². The molecule has 3 nitrogen and oxygen atoms in total. The van der Waals surface area contributed by atoms with E-state index in [-0.39, 0.29) is 12.1 Å². The van der Waals surface area contributed by atoms with Gasteiger partial charge in [0.1, 0.15) is 17.9 Å². The highest BCUT2D eigenvalue weighted by molar-refractivity contribution is 5.98. The molecule has 74 valence electrons. The topological polar surface area (TPSA) is 46.2 Å². The minimum Gasteiger partial charge on any atom is -0.323 e. The number of benzene rings is 1. The van der Waals surface area contributed by atoms with Crippen molar-refractivity contribution in [2.75, 3.05) is 5.32 Å². The van der Waals surface area contributed by atoms with Crippen molar-refractivity contribution in [2.24, 2.45) is 0 Å². The van der Waals surface area contributed by atoms with Gasteiger partial charge in [0.05, 0.1) is 12.1 Å². The number of amides is 1. The van der Waals surface area contributed by atoms with Gasteiger partial charge in [-0.1, -0.05) is 0 Å². The van der Waals surface area contributed by atoms with E-state index >= 15 is 0 Å². The Kier molecular flexibility index (Phi) is 3.28. The lowest BCUT2D eigenvalue weighted by Gasteiger charge is -2.03. The van der Waals surface area contributed by atoms with Crippen LogP contribution in [0.1, 0.15) is 6.42 Å². The quantitative estimate of drug-likeness (QED) is 0.592. The lowest BCUT2D eigenvalue weighted by molar-refractivity contribution is -0.120. The molecule has 0 heterocycles. The molecule has 0 radical (unpaired) electrons. The number of anilines is 1. The lowest BCUT2D eigenvalue weighted by Crippen LogP contribution is -2.12. The molecule has 0 atom stereocenters. The van der Waals surface area contributed by atoms with Gasteiger partial charge in [0, 0.05) is 6.07 Å². The molecule has 0 saturated heterocycles. The predicted molar refractivity (Wildman–Crippen MR) is 45.7 cm³/mol. The highest BCUT2D eigenvalue weighted by Crippen LogP contribution is 2.14. The summed E-state index contributed by atoms with van der Waals surface area (Å²) >= 11 is 0. The molecule has 0 unspecified atom stereocenters. The maximum absolute atomic E-state index is 12.9. The van der Waals surface area contributed by atoms with E-state index in [4.69, 9.17) is 0 Å². The van der Waals surface area contributed by atoms with Gasteiger partial charge in [-0.05, 0) is 12.1 Å². The summed E-state index contributed by atoms with van der Waals surface area (Å²) in [6.07, 6.45) is 0.0492. The van der Waals surface area contributed by atoms with E-state index < -0.39 is 17.5 Å². The van der Waals surface area contributed by atoms with Gasteiger partial charge >= 0.3 is 0 Å². The second-order valence-corrected chi connectivity index (χ2v) is 2.54. The third kappa shape index (κ3) is 2.62. The van der Waals surface area contributed by atoms with Crippen molar-refractivity contribution >= 4 is 17.9 Å². The van der Waals surface area contributed by atoms with E-state index in [1.165, 1.54) is 0 Å². The maximum atomic E-state index is 12.9. The smallest absolute Gasteiger partial charge is 0.231 e. The average Bonchev–Trinajstić information content (AvgIpc) is 2.10. The van der Waals surface area contributed by atoms with Crippen molar-refractivity contribution in [2.45, 2.75) is 6.42 Å². The number of carbonyl (C=O) groups excluding carboxylic acids is 2. The zero-order chi connectivity index (χ0) is 10.6. The van der Waals surface area contributed by atoms with Crippen molar-refractivity contribution in [1.29, 1.82) is 0 Å². The van der Waals surface area contributed by atoms with Crippen LogP contribution < -0.4 is 5.32 Å². The number of nitrogens with one attached hydrogen (secondary N) is 1. The molecule has 1 amide bonds. The van der Waals surface area contributed by atoms with Crippen molar-refractivity contribution in [3.8, 4) is 0 Å². The first kappa shape index (κ1) is 10.3. The molecule has 0 aliphatic carbocycles. The summed E-state index contributed by atoms with van der Waals surface area (Å²) in [4.78, 5) is 20.8. The van der Waals surface area contributed by atoms with Crippen LogP contribution in [0.2, 0.25) is 0 Å². The molecule has 0 aliphatic rings. The highest BCUT2D eigenvalue weighted by atomic mass is 19.1. The molecule has 0 saturated carbocycles. The zero-order valence-electron chi connectivity index (χ0n) is 7.09. The summed E-state index contributed by atoms with van der Waals surface area (Å²) in [5.41, 5.74) is -0.141. The van der Waals surface area contributed by atoms with Crippen LogP contribution in [0.4, 0.5) is 14.5 Å². The van der Waals surface area contributed by atoms with E-state index in [2.05, 4.69) is 5.32 Å². The van der Waals surface area contributed by atoms with Gasteiger partial charge in [-0.2, -0.15) is 0 Å². The Balaban J connectivity index is 2.76. The summed E-state index contributed by atoms with van der Waals surface area (Å²) in [6, 6.07) is 2.75. The molecular formula is C9H7F2NO2. The number of carbonyl (C=O) groups is 2.